The largest absolute Gasteiger partial charge is 0.489 e. The maximum absolute atomic E-state index is 10.3. The number of ether oxygens (including phenoxy) is 1. The maximum Gasteiger partial charge on any atom is 0.120 e. The second kappa shape index (κ2) is 7.45. The van der Waals surface area contributed by atoms with Crippen LogP contribution in [0.4, 0.5) is 0 Å². The molecular formula is C21H23NO2. The first-order valence-corrected chi connectivity index (χ1v) is 8.36. The summed E-state index contributed by atoms with van der Waals surface area (Å²) in [5.74, 6) is 1.29. The third-order valence-corrected chi connectivity index (χ3v) is 4.01. The Morgan fingerprint density at radius 2 is 1.92 bits per heavy atom. The molecule has 0 amide bonds. The zero-order valence-corrected chi connectivity index (χ0v) is 14.1. The van der Waals surface area contributed by atoms with Gasteiger partial charge in [-0.3, -0.25) is 4.98 Å². The lowest BCUT2D eigenvalue weighted by Crippen LogP contribution is -2.03. The van der Waals surface area contributed by atoms with E-state index in [1.807, 2.05) is 54.6 Å². The molecule has 1 N–H and O–H groups in total. The highest BCUT2D eigenvalue weighted by Crippen LogP contribution is 2.23. The molecule has 0 bridgehead atoms. The van der Waals surface area contributed by atoms with Gasteiger partial charge in [0.15, 0.2) is 0 Å². The minimum atomic E-state index is -0.420. The van der Waals surface area contributed by atoms with Crippen molar-refractivity contribution >= 4 is 10.9 Å². The van der Waals surface area contributed by atoms with E-state index in [0.29, 0.717) is 12.5 Å². The summed E-state index contributed by atoms with van der Waals surface area (Å²) in [6.07, 6.45) is 2.13. The van der Waals surface area contributed by atoms with Gasteiger partial charge in [-0.2, -0.15) is 0 Å². The van der Waals surface area contributed by atoms with Crippen LogP contribution in [0.5, 0.6) is 5.75 Å². The van der Waals surface area contributed by atoms with E-state index in [1.54, 1.807) is 6.20 Å². The van der Waals surface area contributed by atoms with E-state index >= 15 is 0 Å². The smallest absolute Gasteiger partial charge is 0.120 e. The van der Waals surface area contributed by atoms with Crippen LogP contribution in [0, 0.1) is 5.92 Å². The summed E-state index contributed by atoms with van der Waals surface area (Å²) in [6.45, 7) is 4.71. The van der Waals surface area contributed by atoms with Crippen molar-refractivity contribution in [1.29, 1.82) is 0 Å². The molecule has 24 heavy (non-hydrogen) atoms. The third kappa shape index (κ3) is 4.12. The van der Waals surface area contributed by atoms with E-state index in [2.05, 4.69) is 18.8 Å². The molecule has 0 radical (unpaired) electrons. The van der Waals surface area contributed by atoms with Crippen LogP contribution in [-0.2, 0) is 6.61 Å². The topological polar surface area (TPSA) is 42.4 Å². The van der Waals surface area contributed by atoms with E-state index < -0.39 is 6.10 Å². The van der Waals surface area contributed by atoms with Gasteiger partial charge in [0.2, 0.25) is 0 Å². The van der Waals surface area contributed by atoms with Gasteiger partial charge in [0.1, 0.15) is 12.4 Å². The van der Waals surface area contributed by atoms with Gasteiger partial charge in [0.25, 0.3) is 0 Å². The van der Waals surface area contributed by atoms with Crippen LogP contribution in [0.3, 0.4) is 0 Å². The number of rotatable bonds is 6. The van der Waals surface area contributed by atoms with Gasteiger partial charge in [0, 0.05) is 11.6 Å². The highest BCUT2D eigenvalue weighted by molar-refractivity contribution is 5.79. The molecule has 3 aromatic rings. The summed E-state index contributed by atoms with van der Waals surface area (Å²) in [5.41, 5.74) is 2.97. The molecule has 1 unspecified atom stereocenters. The fourth-order valence-corrected chi connectivity index (χ4v) is 2.78. The van der Waals surface area contributed by atoms with Crippen molar-refractivity contribution in [1.82, 2.24) is 4.98 Å². The molecule has 3 rings (SSSR count). The molecule has 0 aliphatic carbocycles. The molecule has 0 saturated heterocycles. The summed E-state index contributed by atoms with van der Waals surface area (Å²) >= 11 is 0. The summed E-state index contributed by atoms with van der Waals surface area (Å²) in [4.78, 5) is 4.31. The number of hydrogen-bond acceptors (Lipinski definition) is 3. The van der Waals surface area contributed by atoms with Crippen molar-refractivity contribution in [3.05, 3.63) is 71.9 Å². The molecule has 0 spiro atoms. The molecule has 0 aliphatic heterocycles. The SMILES string of the molecule is CC(C)CC(O)c1cccc(COc2ccc3ncccc3c2)c1. The van der Waals surface area contributed by atoms with Gasteiger partial charge < -0.3 is 9.84 Å². The molecule has 0 saturated carbocycles. The molecule has 0 fully saturated rings. The number of pyridine rings is 1. The third-order valence-electron chi connectivity index (χ3n) is 4.01. The van der Waals surface area contributed by atoms with Crippen LogP contribution >= 0.6 is 0 Å². The van der Waals surface area contributed by atoms with E-state index in [-0.39, 0.29) is 0 Å². The monoisotopic (exact) mass is 321 g/mol. The van der Waals surface area contributed by atoms with E-state index in [9.17, 15) is 5.11 Å². The zero-order chi connectivity index (χ0) is 16.9. The molecule has 2 aromatic carbocycles. The van der Waals surface area contributed by atoms with Crippen molar-refractivity contribution in [2.45, 2.75) is 33.0 Å². The standard InChI is InChI=1S/C21H23NO2/c1-15(2)11-21(23)18-6-3-5-16(12-18)14-24-19-8-9-20-17(13-19)7-4-10-22-20/h3-10,12-13,15,21,23H,11,14H2,1-2H3. The van der Waals surface area contributed by atoms with Crippen molar-refractivity contribution in [2.24, 2.45) is 5.92 Å². The number of aliphatic hydroxyl groups is 1. The second-order valence-corrected chi connectivity index (χ2v) is 6.54. The van der Waals surface area contributed by atoms with Crippen LogP contribution in [0.25, 0.3) is 10.9 Å². The first kappa shape index (κ1) is 16.5. The molecule has 1 heterocycles. The number of benzene rings is 2. The molecule has 3 nitrogen and oxygen atoms in total. The number of aliphatic hydroxyl groups excluding tert-OH is 1. The van der Waals surface area contributed by atoms with Crippen molar-refractivity contribution in [3.8, 4) is 5.75 Å². The second-order valence-electron chi connectivity index (χ2n) is 6.54. The predicted molar refractivity (Wildman–Crippen MR) is 96.9 cm³/mol. The highest BCUT2D eigenvalue weighted by Gasteiger charge is 2.10. The Morgan fingerprint density at radius 3 is 2.75 bits per heavy atom. The first-order chi connectivity index (χ1) is 11.6. The first-order valence-electron chi connectivity index (χ1n) is 8.36. The Balaban J connectivity index is 1.69. The Kier molecular flexibility index (Phi) is 5.11. The van der Waals surface area contributed by atoms with Gasteiger partial charge in [0.05, 0.1) is 11.6 Å². The molecular weight excluding hydrogens is 298 g/mol. The zero-order valence-electron chi connectivity index (χ0n) is 14.1. The van der Waals surface area contributed by atoms with Crippen LogP contribution in [0.2, 0.25) is 0 Å². The lowest BCUT2D eigenvalue weighted by atomic mass is 9.98. The Bertz CT molecular complexity index is 814. The van der Waals surface area contributed by atoms with Gasteiger partial charge in [-0.25, -0.2) is 0 Å². The normalized spacial score (nSPS) is 12.5. The minimum absolute atomic E-state index is 0.420. The molecule has 1 atom stereocenters. The average Bonchev–Trinajstić information content (AvgIpc) is 2.59. The molecule has 0 aliphatic rings. The summed E-state index contributed by atoms with van der Waals surface area (Å²) in [7, 11) is 0. The Labute approximate surface area is 142 Å². The Hall–Kier alpha value is -2.39. The number of aromatic nitrogens is 1. The summed E-state index contributed by atoms with van der Waals surface area (Å²) < 4.78 is 5.91. The minimum Gasteiger partial charge on any atom is -0.489 e. The van der Waals surface area contributed by atoms with Crippen LogP contribution in [0.1, 0.15) is 37.5 Å². The van der Waals surface area contributed by atoms with Gasteiger partial charge in [-0.05, 0) is 53.8 Å². The van der Waals surface area contributed by atoms with Crippen LogP contribution in [0.15, 0.2) is 60.8 Å². The van der Waals surface area contributed by atoms with Crippen molar-refractivity contribution in [2.75, 3.05) is 0 Å². The molecule has 3 heteroatoms. The number of nitrogens with zero attached hydrogens (tertiary/aromatic N) is 1. The summed E-state index contributed by atoms with van der Waals surface area (Å²) in [5, 5.41) is 11.3. The van der Waals surface area contributed by atoms with E-state index in [1.165, 1.54) is 0 Å². The number of hydrogen-bond donors (Lipinski definition) is 1. The molecule has 124 valence electrons. The fourth-order valence-electron chi connectivity index (χ4n) is 2.78. The predicted octanol–water partition coefficient (Wildman–Crippen LogP) is 4.89. The highest BCUT2D eigenvalue weighted by atomic mass is 16.5. The fraction of sp³-hybridized carbons (Fsp3) is 0.286. The van der Waals surface area contributed by atoms with Crippen LogP contribution < -0.4 is 4.74 Å². The lowest BCUT2D eigenvalue weighted by Gasteiger charge is -2.15. The summed E-state index contributed by atoms with van der Waals surface area (Å²) in [6, 6.07) is 17.8. The van der Waals surface area contributed by atoms with Crippen LogP contribution in [-0.4, -0.2) is 10.1 Å². The van der Waals surface area contributed by atoms with E-state index in [0.717, 1.165) is 34.2 Å². The molecule has 1 aromatic heterocycles. The maximum atomic E-state index is 10.3. The van der Waals surface area contributed by atoms with E-state index in [4.69, 9.17) is 4.74 Å². The Morgan fingerprint density at radius 1 is 1.04 bits per heavy atom. The average molecular weight is 321 g/mol. The van der Waals surface area contributed by atoms with Gasteiger partial charge >= 0.3 is 0 Å². The quantitative estimate of drug-likeness (QED) is 0.702. The van der Waals surface area contributed by atoms with Crippen molar-refractivity contribution in [3.63, 3.8) is 0 Å². The van der Waals surface area contributed by atoms with Crippen molar-refractivity contribution < 1.29 is 9.84 Å². The lowest BCUT2D eigenvalue weighted by molar-refractivity contribution is 0.151. The van der Waals surface area contributed by atoms with Gasteiger partial charge in [-0.15, -0.1) is 0 Å². The van der Waals surface area contributed by atoms with Gasteiger partial charge in [-0.1, -0.05) is 38.1 Å². The number of fused-ring (bicyclic) bond motifs is 1.